The van der Waals surface area contributed by atoms with Crippen LogP contribution in [0.3, 0.4) is 0 Å². The number of nitrogens with zero attached hydrogens (tertiary/aromatic N) is 3. The van der Waals surface area contributed by atoms with E-state index in [2.05, 4.69) is 15.4 Å². The third-order valence-corrected chi connectivity index (χ3v) is 5.49. The van der Waals surface area contributed by atoms with Gasteiger partial charge in [-0.25, -0.2) is 9.48 Å². The molecule has 170 valence electrons. The van der Waals surface area contributed by atoms with Crippen LogP contribution in [0.1, 0.15) is 6.42 Å². The summed E-state index contributed by atoms with van der Waals surface area (Å²) in [5.74, 6) is -0.899. The molecule has 3 aromatic rings. The summed E-state index contributed by atoms with van der Waals surface area (Å²) in [5.41, 5.74) is -1.24. The SMILES string of the molecule is COC(=O)CC1(C(=O)OC)Nc2ccc(Cl)cc2-c2nc(=O)c(-c3ccc(OC)cc3)nn21. The predicted molar refractivity (Wildman–Crippen MR) is 119 cm³/mol. The van der Waals surface area contributed by atoms with Crippen molar-refractivity contribution in [2.45, 2.75) is 12.1 Å². The van der Waals surface area contributed by atoms with Gasteiger partial charge in [0.05, 0.1) is 21.3 Å². The zero-order valence-electron chi connectivity index (χ0n) is 17.9. The van der Waals surface area contributed by atoms with Crippen LogP contribution < -0.4 is 15.6 Å². The smallest absolute Gasteiger partial charge is 0.355 e. The number of hydrogen-bond donors (Lipinski definition) is 1. The summed E-state index contributed by atoms with van der Waals surface area (Å²) in [5, 5.41) is 7.88. The van der Waals surface area contributed by atoms with E-state index in [1.165, 1.54) is 26.0 Å². The summed E-state index contributed by atoms with van der Waals surface area (Å²) in [6.07, 6.45) is -0.481. The molecule has 10 nitrogen and oxygen atoms in total. The van der Waals surface area contributed by atoms with E-state index in [0.717, 1.165) is 0 Å². The Morgan fingerprint density at radius 2 is 1.82 bits per heavy atom. The molecule has 2 aromatic carbocycles. The van der Waals surface area contributed by atoms with E-state index in [1.54, 1.807) is 42.5 Å². The zero-order chi connectivity index (χ0) is 23.8. The number of nitrogens with one attached hydrogen (secondary N) is 1. The zero-order valence-corrected chi connectivity index (χ0v) is 18.7. The molecule has 4 rings (SSSR count). The van der Waals surface area contributed by atoms with Gasteiger partial charge >= 0.3 is 11.9 Å². The average molecular weight is 471 g/mol. The second-order valence-electron chi connectivity index (χ2n) is 7.15. The maximum Gasteiger partial charge on any atom is 0.355 e. The van der Waals surface area contributed by atoms with Crippen molar-refractivity contribution in [1.82, 2.24) is 14.8 Å². The first kappa shape index (κ1) is 22.3. The Morgan fingerprint density at radius 1 is 1.09 bits per heavy atom. The number of halogens is 1. The van der Waals surface area contributed by atoms with E-state index in [9.17, 15) is 14.4 Å². The average Bonchev–Trinajstić information content (AvgIpc) is 2.83. The van der Waals surface area contributed by atoms with Crippen molar-refractivity contribution in [3.63, 3.8) is 0 Å². The molecular formula is C22H19ClN4O6. The molecule has 11 heteroatoms. The summed E-state index contributed by atoms with van der Waals surface area (Å²) in [4.78, 5) is 42.6. The van der Waals surface area contributed by atoms with Crippen molar-refractivity contribution in [1.29, 1.82) is 0 Å². The molecule has 0 bridgehead atoms. The first-order chi connectivity index (χ1) is 15.8. The number of rotatable bonds is 5. The van der Waals surface area contributed by atoms with E-state index >= 15 is 0 Å². The van der Waals surface area contributed by atoms with Crippen molar-refractivity contribution in [3.8, 4) is 28.4 Å². The summed E-state index contributed by atoms with van der Waals surface area (Å²) in [7, 11) is 3.90. The van der Waals surface area contributed by atoms with Gasteiger partial charge in [0.1, 0.15) is 12.2 Å². The number of fused-ring (bicyclic) bond motifs is 3. The normalized spacial score (nSPS) is 16.1. The highest BCUT2D eigenvalue weighted by Gasteiger charge is 2.50. The minimum absolute atomic E-state index is 0.0353. The Hall–Kier alpha value is -3.92. The fourth-order valence-electron chi connectivity index (χ4n) is 3.62. The van der Waals surface area contributed by atoms with Crippen LogP contribution in [0.4, 0.5) is 5.69 Å². The molecule has 1 aliphatic rings. The molecular weight excluding hydrogens is 452 g/mol. The van der Waals surface area contributed by atoms with Gasteiger partial charge in [0.25, 0.3) is 5.56 Å². The van der Waals surface area contributed by atoms with Crippen molar-refractivity contribution >= 4 is 29.2 Å². The molecule has 0 saturated carbocycles. The van der Waals surface area contributed by atoms with Gasteiger partial charge in [-0.05, 0) is 42.5 Å². The molecule has 0 spiro atoms. The Balaban J connectivity index is 2.03. The topological polar surface area (TPSA) is 122 Å². The highest BCUT2D eigenvalue weighted by molar-refractivity contribution is 6.31. The van der Waals surface area contributed by atoms with Crippen molar-refractivity contribution in [2.24, 2.45) is 0 Å². The number of ether oxygens (including phenoxy) is 3. The molecule has 1 N–H and O–H groups in total. The third kappa shape index (κ3) is 3.78. The molecule has 0 amide bonds. The highest BCUT2D eigenvalue weighted by atomic mass is 35.5. The number of carbonyl (C=O) groups is 2. The van der Waals surface area contributed by atoms with E-state index < -0.39 is 29.6 Å². The van der Waals surface area contributed by atoms with Gasteiger partial charge in [-0.3, -0.25) is 9.59 Å². The van der Waals surface area contributed by atoms with Crippen LogP contribution in [0.25, 0.3) is 22.6 Å². The predicted octanol–water partition coefficient (Wildman–Crippen LogP) is 2.45. The van der Waals surface area contributed by atoms with E-state index in [-0.39, 0.29) is 11.5 Å². The number of hydrogen-bond acceptors (Lipinski definition) is 9. The van der Waals surface area contributed by atoms with Gasteiger partial charge in [-0.15, -0.1) is 0 Å². The van der Waals surface area contributed by atoms with Crippen LogP contribution in [0.5, 0.6) is 5.75 Å². The van der Waals surface area contributed by atoms with Gasteiger partial charge < -0.3 is 19.5 Å². The molecule has 33 heavy (non-hydrogen) atoms. The molecule has 0 radical (unpaired) electrons. The van der Waals surface area contributed by atoms with Crippen LogP contribution in [0, 0.1) is 0 Å². The van der Waals surface area contributed by atoms with Crippen LogP contribution in [-0.4, -0.2) is 48.0 Å². The van der Waals surface area contributed by atoms with E-state index in [1.807, 2.05) is 0 Å². The number of carbonyl (C=O) groups excluding carboxylic acids is 2. The molecule has 0 fully saturated rings. The molecule has 2 heterocycles. The standard InChI is InChI=1S/C22H19ClN4O6/c1-31-14-7-4-12(5-8-14)18-20(29)24-19-15-10-13(23)6-9-16(15)25-22(21(30)33-3,27(19)26-18)11-17(28)32-2/h4-10,25H,11H2,1-3H3. The number of anilines is 1. The monoisotopic (exact) mass is 470 g/mol. The molecule has 1 aliphatic heterocycles. The fourth-order valence-corrected chi connectivity index (χ4v) is 3.79. The largest absolute Gasteiger partial charge is 0.497 e. The summed E-state index contributed by atoms with van der Waals surface area (Å²) < 4.78 is 16.2. The minimum atomic E-state index is -1.86. The van der Waals surface area contributed by atoms with E-state index in [0.29, 0.717) is 27.6 Å². The Bertz CT molecular complexity index is 1310. The van der Waals surface area contributed by atoms with Crippen LogP contribution >= 0.6 is 11.6 Å². The van der Waals surface area contributed by atoms with Gasteiger partial charge in [0.2, 0.25) is 5.66 Å². The fraction of sp³-hybridized carbons (Fsp3) is 0.227. The first-order valence-electron chi connectivity index (χ1n) is 9.72. The number of benzene rings is 2. The maximum absolute atomic E-state index is 13.1. The number of aromatic nitrogens is 3. The minimum Gasteiger partial charge on any atom is -0.497 e. The van der Waals surface area contributed by atoms with Crippen molar-refractivity contribution in [2.75, 3.05) is 26.6 Å². The molecule has 0 aliphatic carbocycles. The lowest BCUT2D eigenvalue weighted by molar-refractivity contribution is -0.157. The third-order valence-electron chi connectivity index (χ3n) is 5.25. The number of methoxy groups -OCH3 is 3. The second kappa shape index (κ2) is 8.55. The quantitative estimate of drug-likeness (QED) is 0.560. The highest BCUT2D eigenvalue weighted by Crippen LogP contribution is 2.40. The van der Waals surface area contributed by atoms with Crippen LogP contribution in [0.2, 0.25) is 5.02 Å². The van der Waals surface area contributed by atoms with Gasteiger partial charge in [-0.2, -0.15) is 10.1 Å². The van der Waals surface area contributed by atoms with Crippen LogP contribution in [-0.2, 0) is 24.7 Å². The molecule has 1 unspecified atom stereocenters. The Morgan fingerprint density at radius 3 is 2.45 bits per heavy atom. The Kier molecular flexibility index (Phi) is 5.77. The Labute approximate surface area is 193 Å². The number of esters is 2. The van der Waals surface area contributed by atoms with Crippen molar-refractivity contribution in [3.05, 3.63) is 57.8 Å². The lowest BCUT2D eigenvalue weighted by atomic mass is 9.99. The van der Waals surface area contributed by atoms with Gasteiger partial charge in [-0.1, -0.05) is 11.6 Å². The second-order valence-corrected chi connectivity index (χ2v) is 7.59. The molecule has 1 atom stereocenters. The summed E-state index contributed by atoms with van der Waals surface area (Å²) in [6, 6.07) is 11.4. The molecule has 1 aromatic heterocycles. The van der Waals surface area contributed by atoms with Crippen molar-refractivity contribution < 1.29 is 23.8 Å². The molecule has 0 saturated heterocycles. The van der Waals surface area contributed by atoms with E-state index in [4.69, 9.17) is 25.8 Å². The van der Waals surface area contributed by atoms with Gasteiger partial charge in [0.15, 0.2) is 11.5 Å². The first-order valence-corrected chi connectivity index (χ1v) is 10.1. The lowest BCUT2D eigenvalue weighted by Gasteiger charge is -2.38. The summed E-state index contributed by atoms with van der Waals surface area (Å²) in [6.45, 7) is 0. The van der Waals surface area contributed by atoms with Gasteiger partial charge in [0, 0.05) is 21.8 Å². The summed E-state index contributed by atoms with van der Waals surface area (Å²) >= 11 is 6.17. The lowest BCUT2D eigenvalue weighted by Crippen LogP contribution is -2.55. The maximum atomic E-state index is 13.1. The van der Waals surface area contributed by atoms with Crippen LogP contribution in [0.15, 0.2) is 47.3 Å².